The van der Waals surface area contributed by atoms with Crippen molar-refractivity contribution < 1.29 is 14.3 Å². The molecule has 35 heavy (non-hydrogen) atoms. The molecule has 2 N–H and O–H groups in total. The first-order chi connectivity index (χ1) is 16.9. The topological polar surface area (TPSA) is 88.3 Å². The molecule has 2 aromatic carbocycles. The van der Waals surface area contributed by atoms with Crippen LogP contribution in [0.1, 0.15) is 43.9 Å². The van der Waals surface area contributed by atoms with Gasteiger partial charge >= 0.3 is 5.97 Å². The number of amides is 1. The lowest BCUT2D eigenvalue weighted by Gasteiger charge is -2.20. The molecular weight excluding hydrogens is 440 g/mol. The van der Waals surface area contributed by atoms with Gasteiger partial charge in [0.15, 0.2) is 0 Å². The minimum atomic E-state index is -0.963. The van der Waals surface area contributed by atoms with Crippen LogP contribution in [0.15, 0.2) is 77.6 Å². The number of aromatic nitrogens is 1. The third-order valence-corrected chi connectivity index (χ3v) is 6.07. The number of carbonyl (C=O) groups is 2. The summed E-state index contributed by atoms with van der Waals surface area (Å²) in [4.78, 5) is 41.4. The zero-order valence-corrected chi connectivity index (χ0v) is 19.8. The summed E-state index contributed by atoms with van der Waals surface area (Å²) >= 11 is 0. The summed E-state index contributed by atoms with van der Waals surface area (Å²) in [6.07, 6.45) is 8.33. The molecule has 0 saturated carbocycles. The van der Waals surface area contributed by atoms with Crippen molar-refractivity contribution in [1.29, 1.82) is 0 Å². The van der Waals surface area contributed by atoms with Gasteiger partial charge in [0.05, 0.1) is 0 Å². The first-order valence-corrected chi connectivity index (χ1v) is 11.6. The molecule has 1 atom stereocenters. The number of hydrogen-bond acceptors (Lipinski definition) is 4. The Morgan fingerprint density at radius 1 is 1.03 bits per heavy atom. The van der Waals surface area contributed by atoms with Crippen molar-refractivity contribution in [2.24, 2.45) is 0 Å². The second-order valence-electron chi connectivity index (χ2n) is 8.67. The summed E-state index contributed by atoms with van der Waals surface area (Å²) < 4.78 is 5.63. The average Bonchev–Trinajstić information content (AvgIpc) is 3.09. The van der Waals surface area contributed by atoms with Gasteiger partial charge in [0.25, 0.3) is 5.91 Å². The van der Waals surface area contributed by atoms with Crippen LogP contribution >= 0.6 is 0 Å². The Kier molecular flexibility index (Phi) is 7.41. The molecule has 0 saturated heterocycles. The van der Waals surface area contributed by atoms with Crippen molar-refractivity contribution >= 4 is 18.0 Å². The first-order valence-electron chi connectivity index (χ1n) is 11.6. The van der Waals surface area contributed by atoms with Gasteiger partial charge in [-0.2, -0.15) is 0 Å². The lowest BCUT2D eigenvalue weighted by molar-refractivity contribution is -0.147. The molecule has 0 fully saturated rings. The highest BCUT2D eigenvalue weighted by atomic mass is 16.5. The van der Waals surface area contributed by atoms with Crippen molar-refractivity contribution in [3.63, 3.8) is 0 Å². The van der Waals surface area contributed by atoms with E-state index in [1.54, 1.807) is 12.1 Å². The summed E-state index contributed by atoms with van der Waals surface area (Å²) in [7, 11) is 0. The quantitative estimate of drug-likeness (QED) is 0.509. The monoisotopic (exact) mass is 468 g/mol. The highest BCUT2D eigenvalue weighted by Crippen LogP contribution is 2.19. The molecule has 0 spiro atoms. The molecule has 1 aromatic heterocycles. The van der Waals surface area contributed by atoms with E-state index in [1.807, 2.05) is 74.5 Å². The third-order valence-electron chi connectivity index (χ3n) is 6.07. The van der Waals surface area contributed by atoms with Crippen LogP contribution in [-0.2, 0) is 29.0 Å². The van der Waals surface area contributed by atoms with Crippen LogP contribution in [0, 0.1) is 13.8 Å². The van der Waals surface area contributed by atoms with E-state index in [-0.39, 0.29) is 24.5 Å². The molecule has 3 aromatic rings. The fourth-order valence-corrected chi connectivity index (χ4v) is 4.03. The second-order valence-corrected chi connectivity index (χ2v) is 8.67. The van der Waals surface area contributed by atoms with E-state index in [2.05, 4.69) is 10.3 Å². The zero-order valence-electron chi connectivity index (χ0n) is 19.8. The number of rotatable bonds is 7. The van der Waals surface area contributed by atoms with Gasteiger partial charge in [-0.25, -0.2) is 4.79 Å². The molecule has 178 valence electrons. The van der Waals surface area contributed by atoms with E-state index in [0.717, 1.165) is 22.3 Å². The van der Waals surface area contributed by atoms with E-state index in [0.29, 0.717) is 23.2 Å². The number of nitrogens with one attached hydrogen (secondary N) is 2. The Bertz CT molecular complexity index is 1350. The van der Waals surface area contributed by atoms with Crippen molar-refractivity contribution in [2.75, 3.05) is 0 Å². The van der Waals surface area contributed by atoms with Gasteiger partial charge in [0.1, 0.15) is 12.6 Å². The van der Waals surface area contributed by atoms with Gasteiger partial charge in [-0.15, -0.1) is 0 Å². The Balaban J connectivity index is 1.61. The van der Waals surface area contributed by atoms with Crippen LogP contribution in [0.2, 0.25) is 0 Å². The highest BCUT2D eigenvalue weighted by molar-refractivity contribution is 5.96. The van der Waals surface area contributed by atoms with E-state index < -0.39 is 12.0 Å². The summed E-state index contributed by atoms with van der Waals surface area (Å²) in [6.45, 7) is 3.99. The Morgan fingerprint density at radius 3 is 2.57 bits per heavy atom. The maximum absolute atomic E-state index is 13.2. The lowest BCUT2D eigenvalue weighted by Crippen LogP contribution is -2.43. The number of fused-ring (bicyclic) bond motifs is 1. The number of ether oxygens (including phenoxy) is 1. The Morgan fingerprint density at radius 2 is 1.80 bits per heavy atom. The molecule has 1 aliphatic carbocycles. The third kappa shape index (κ3) is 6.03. The van der Waals surface area contributed by atoms with Crippen molar-refractivity contribution in [3.8, 4) is 0 Å². The normalized spacial score (nSPS) is 13.0. The number of H-pyrrole nitrogens is 1. The van der Waals surface area contributed by atoms with E-state index in [4.69, 9.17) is 4.74 Å². The fourth-order valence-electron chi connectivity index (χ4n) is 4.03. The molecule has 1 unspecified atom stereocenters. The second kappa shape index (κ2) is 10.8. The van der Waals surface area contributed by atoms with E-state index >= 15 is 0 Å². The van der Waals surface area contributed by atoms with Gasteiger partial charge < -0.3 is 15.0 Å². The van der Waals surface area contributed by atoms with Crippen LogP contribution in [0.25, 0.3) is 6.08 Å². The number of carbonyl (C=O) groups excluding carboxylic acids is 2. The van der Waals surface area contributed by atoms with Crippen LogP contribution in [0.5, 0.6) is 0 Å². The molecule has 0 bridgehead atoms. The molecule has 1 amide bonds. The van der Waals surface area contributed by atoms with Crippen LogP contribution < -0.4 is 10.9 Å². The number of allylic oxidation sites excluding steroid dienone is 3. The zero-order chi connectivity index (χ0) is 24.8. The fraction of sp³-hybridized carbons (Fsp3) is 0.207. The summed E-state index contributed by atoms with van der Waals surface area (Å²) in [5.41, 5.74) is 5.43. The number of aromatic amines is 1. The molecule has 6 nitrogen and oxygen atoms in total. The van der Waals surface area contributed by atoms with Crippen LogP contribution in [0.4, 0.5) is 0 Å². The summed E-state index contributed by atoms with van der Waals surface area (Å²) in [5.74, 6) is -0.930. The standard InChI is InChI=1S/C29H28N2O4/c1-19-12-14-21(15-13-19)28(33)31-26(29(34)35-18-22-9-7-6-8-20(22)2)16-23-17-27(32)30-25-11-5-3-4-10-24(23)25/h3-9,11-15,17,26H,10,16,18H2,1-2H3,(H,30,32)(H,31,33). The lowest BCUT2D eigenvalue weighted by atomic mass is 9.97. The molecular formula is C29H28N2O4. The van der Waals surface area contributed by atoms with Gasteiger partial charge in [0.2, 0.25) is 5.56 Å². The maximum Gasteiger partial charge on any atom is 0.329 e. The predicted octanol–water partition coefficient (Wildman–Crippen LogP) is 4.20. The van der Waals surface area contributed by atoms with Crippen LogP contribution in [0.3, 0.4) is 0 Å². The smallest absolute Gasteiger partial charge is 0.329 e. The van der Waals surface area contributed by atoms with Crippen molar-refractivity contribution in [3.05, 3.63) is 122 Å². The van der Waals surface area contributed by atoms with Gasteiger partial charge in [0, 0.05) is 23.7 Å². The number of hydrogen-bond donors (Lipinski definition) is 2. The highest BCUT2D eigenvalue weighted by Gasteiger charge is 2.25. The van der Waals surface area contributed by atoms with Crippen LogP contribution in [-0.4, -0.2) is 22.9 Å². The molecule has 0 radical (unpaired) electrons. The van der Waals surface area contributed by atoms with E-state index in [1.165, 1.54) is 6.07 Å². The SMILES string of the molecule is Cc1ccc(C(=O)NC(Cc2cc(=O)[nH]c3c2CC=CC=C3)C(=O)OCc2ccccc2C)cc1. The maximum atomic E-state index is 13.2. The molecule has 1 heterocycles. The number of pyridine rings is 1. The first kappa shape index (κ1) is 24.0. The van der Waals surface area contributed by atoms with Crippen molar-refractivity contribution in [2.45, 2.75) is 39.3 Å². The molecule has 1 aliphatic rings. The Labute approximate surface area is 204 Å². The molecule has 4 rings (SSSR count). The van der Waals surface area contributed by atoms with Gasteiger partial charge in [-0.1, -0.05) is 60.2 Å². The number of aryl methyl sites for hydroxylation is 2. The largest absolute Gasteiger partial charge is 0.459 e. The average molecular weight is 469 g/mol. The van der Waals surface area contributed by atoms with E-state index in [9.17, 15) is 14.4 Å². The minimum absolute atomic E-state index is 0.0986. The Hall–Kier alpha value is -4.19. The number of esters is 1. The molecule has 6 heteroatoms. The van der Waals surface area contributed by atoms with Crippen molar-refractivity contribution in [1.82, 2.24) is 10.3 Å². The summed E-state index contributed by atoms with van der Waals surface area (Å²) in [5, 5.41) is 2.83. The van der Waals surface area contributed by atoms with Gasteiger partial charge in [-0.05, 0) is 60.7 Å². The molecule has 0 aliphatic heterocycles. The predicted molar refractivity (Wildman–Crippen MR) is 136 cm³/mol. The number of benzene rings is 2. The minimum Gasteiger partial charge on any atom is -0.459 e. The summed E-state index contributed by atoms with van der Waals surface area (Å²) in [6, 6.07) is 15.3. The van der Waals surface area contributed by atoms with Gasteiger partial charge in [-0.3, -0.25) is 9.59 Å².